The van der Waals surface area contributed by atoms with Gasteiger partial charge in [0.15, 0.2) is 11.5 Å². The van der Waals surface area contributed by atoms with Crippen molar-refractivity contribution < 1.29 is 23.8 Å². The van der Waals surface area contributed by atoms with Gasteiger partial charge in [0.1, 0.15) is 6.04 Å². The van der Waals surface area contributed by atoms with E-state index >= 15 is 0 Å². The third-order valence-electron chi connectivity index (χ3n) is 5.06. The van der Waals surface area contributed by atoms with Crippen LogP contribution in [-0.2, 0) is 20.9 Å². The van der Waals surface area contributed by atoms with E-state index in [1.165, 1.54) is 13.2 Å². The predicted octanol–water partition coefficient (Wildman–Crippen LogP) is 2.82. The number of nitrogens with one attached hydrogen (secondary N) is 1. The number of β-lactam (4-membered cyclic amide) rings is 1. The standard InChI is InChI=1S/C23H26N2O5/c1-15(12-20(26)30-4)24-21-22(17-8-6-5-7-9-17)25(23(21)27)14-16-10-11-18(28-2)19(13-16)29-3/h5-13,21-22,24H,14H2,1-4H3/b15-12+. The first-order valence-electron chi connectivity index (χ1n) is 9.57. The molecule has 2 aromatic carbocycles. The summed E-state index contributed by atoms with van der Waals surface area (Å²) in [4.78, 5) is 26.3. The van der Waals surface area contributed by atoms with Gasteiger partial charge in [-0.15, -0.1) is 0 Å². The molecule has 1 fully saturated rings. The number of methoxy groups -OCH3 is 3. The molecule has 0 aromatic heterocycles. The second kappa shape index (κ2) is 9.35. The number of amides is 1. The summed E-state index contributed by atoms with van der Waals surface area (Å²) in [5.41, 5.74) is 2.52. The molecule has 0 spiro atoms. The Morgan fingerprint density at radius 3 is 2.40 bits per heavy atom. The van der Waals surface area contributed by atoms with Crippen molar-refractivity contribution >= 4 is 11.9 Å². The fourth-order valence-corrected chi connectivity index (χ4v) is 3.59. The van der Waals surface area contributed by atoms with E-state index in [0.717, 1.165) is 11.1 Å². The van der Waals surface area contributed by atoms with Crippen molar-refractivity contribution in [3.05, 3.63) is 71.4 Å². The molecular weight excluding hydrogens is 384 g/mol. The number of ether oxygens (including phenoxy) is 3. The molecule has 3 rings (SSSR count). The Labute approximate surface area is 176 Å². The lowest BCUT2D eigenvalue weighted by Gasteiger charge is -2.48. The van der Waals surface area contributed by atoms with E-state index in [-0.39, 0.29) is 11.9 Å². The van der Waals surface area contributed by atoms with Gasteiger partial charge in [-0.05, 0) is 30.2 Å². The van der Waals surface area contributed by atoms with Crippen molar-refractivity contribution in [2.24, 2.45) is 0 Å². The highest BCUT2D eigenvalue weighted by Gasteiger charge is 2.48. The van der Waals surface area contributed by atoms with Gasteiger partial charge in [-0.3, -0.25) is 4.79 Å². The van der Waals surface area contributed by atoms with Crippen LogP contribution < -0.4 is 14.8 Å². The van der Waals surface area contributed by atoms with Crippen LogP contribution in [-0.4, -0.2) is 44.1 Å². The van der Waals surface area contributed by atoms with E-state index in [4.69, 9.17) is 9.47 Å². The monoisotopic (exact) mass is 410 g/mol. The molecule has 7 nitrogen and oxygen atoms in total. The number of carbonyl (C=O) groups is 2. The minimum Gasteiger partial charge on any atom is -0.493 e. The largest absolute Gasteiger partial charge is 0.493 e. The molecule has 1 N–H and O–H groups in total. The summed E-state index contributed by atoms with van der Waals surface area (Å²) in [5.74, 6) is 0.742. The summed E-state index contributed by atoms with van der Waals surface area (Å²) < 4.78 is 15.3. The van der Waals surface area contributed by atoms with Crippen LogP contribution in [0.5, 0.6) is 11.5 Å². The van der Waals surface area contributed by atoms with Gasteiger partial charge in [-0.2, -0.15) is 0 Å². The number of carbonyl (C=O) groups excluding carboxylic acids is 2. The molecule has 1 amide bonds. The van der Waals surface area contributed by atoms with E-state index in [2.05, 4.69) is 10.1 Å². The van der Waals surface area contributed by atoms with Crippen LogP contribution >= 0.6 is 0 Å². The Hall–Kier alpha value is -3.48. The zero-order chi connectivity index (χ0) is 21.7. The molecule has 0 bridgehead atoms. The number of allylic oxidation sites excluding steroid dienone is 1. The SMILES string of the molecule is COC(=O)/C=C(\C)NC1C(=O)N(Cc2ccc(OC)c(OC)c2)C1c1ccccc1. The molecule has 2 aromatic rings. The van der Waals surface area contributed by atoms with Gasteiger partial charge in [-0.25, -0.2) is 4.79 Å². The molecule has 1 aliphatic heterocycles. The quantitative estimate of drug-likeness (QED) is 0.410. The van der Waals surface area contributed by atoms with Gasteiger partial charge in [-0.1, -0.05) is 36.4 Å². The van der Waals surface area contributed by atoms with E-state index in [0.29, 0.717) is 23.7 Å². The second-order valence-corrected chi connectivity index (χ2v) is 6.98. The van der Waals surface area contributed by atoms with Crippen molar-refractivity contribution in [1.82, 2.24) is 10.2 Å². The Kier molecular flexibility index (Phi) is 6.61. The van der Waals surface area contributed by atoms with Gasteiger partial charge in [0.25, 0.3) is 0 Å². The average Bonchev–Trinajstić information content (AvgIpc) is 2.78. The van der Waals surface area contributed by atoms with Crippen LogP contribution in [0.4, 0.5) is 0 Å². The zero-order valence-corrected chi connectivity index (χ0v) is 17.5. The maximum absolute atomic E-state index is 13.0. The molecule has 7 heteroatoms. The van der Waals surface area contributed by atoms with Crippen molar-refractivity contribution in [1.29, 1.82) is 0 Å². The van der Waals surface area contributed by atoms with Crippen LogP contribution in [0.25, 0.3) is 0 Å². The highest BCUT2D eigenvalue weighted by molar-refractivity contribution is 5.90. The molecule has 0 radical (unpaired) electrons. The first-order valence-corrected chi connectivity index (χ1v) is 9.57. The maximum Gasteiger partial charge on any atom is 0.332 e. The lowest BCUT2D eigenvalue weighted by molar-refractivity contribution is -0.152. The second-order valence-electron chi connectivity index (χ2n) is 6.98. The minimum absolute atomic E-state index is 0.0451. The summed E-state index contributed by atoms with van der Waals surface area (Å²) in [6.07, 6.45) is 1.34. The first-order chi connectivity index (χ1) is 14.5. The molecule has 1 aliphatic rings. The summed E-state index contributed by atoms with van der Waals surface area (Å²) in [6.45, 7) is 2.17. The van der Waals surface area contributed by atoms with Crippen molar-refractivity contribution in [3.8, 4) is 11.5 Å². The van der Waals surface area contributed by atoms with Crippen LogP contribution in [0.15, 0.2) is 60.3 Å². The number of benzene rings is 2. The third-order valence-corrected chi connectivity index (χ3v) is 5.06. The van der Waals surface area contributed by atoms with E-state index < -0.39 is 12.0 Å². The topological polar surface area (TPSA) is 77.1 Å². The summed E-state index contributed by atoms with van der Waals surface area (Å²) in [5, 5.41) is 3.16. The van der Waals surface area contributed by atoms with Crippen molar-refractivity contribution in [2.45, 2.75) is 25.6 Å². The summed E-state index contributed by atoms with van der Waals surface area (Å²) in [7, 11) is 4.49. The van der Waals surface area contributed by atoms with Gasteiger partial charge >= 0.3 is 5.97 Å². The fraction of sp³-hybridized carbons (Fsp3) is 0.304. The lowest BCUT2D eigenvalue weighted by atomic mass is 9.87. The molecule has 0 saturated carbocycles. The molecule has 158 valence electrons. The first kappa shape index (κ1) is 21.2. The molecule has 30 heavy (non-hydrogen) atoms. The van der Waals surface area contributed by atoms with E-state index in [1.54, 1.807) is 26.0 Å². The van der Waals surface area contributed by atoms with E-state index in [9.17, 15) is 9.59 Å². The number of hydrogen-bond acceptors (Lipinski definition) is 6. The zero-order valence-electron chi connectivity index (χ0n) is 17.5. The highest BCUT2D eigenvalue weighted by Crippen LogP contribution is 2.38. The molecule has 1 heterocycles. The number of hydrogen-bond donors (Lipinski definition) is 1. The van der Waals surface area contributed by atoms with Crippen LogP contribution in [0.1, 0.15) is 24.1 Å². The van der Waals surface area contributed by atoms with E-state index in [1.807, 2.05) is 48.5 Å². The van der Waals surface area contributed by atoms with Gasteiger partial charge in [0.05, 0.1) is 27.4 Å². The number of rotatable bonds is 8. The van der Waals surface area contributed by atoms with Crippen LogP contribution in [0.3, 0.4) is 0 Å². The Balaban J connectivity index is 1.84. The van der Waals surface area contributed by atoms with Gasteiger partial charge in [0.2, 0.25) is 5.91 Å². The number of esters is 1. The molecule has 0 aliphatic carbocycles. The normalized spacial score (nSPS) is 18.5. The minimum atomic E-state index is -0.467. The Morgan fingerprint density at radius 2 is 1.77 bits per heavy atom. The smallest absolute Gasteiger partial charge is 0.332 e. The average molecular weight is 410 g/mol. The Morgan fingerprint density at radius 1 is 1.07 bits per heavy atom. The highest BCUT2D eigenvalue weighted by atomic mass is 16.5. The molecule has 2 atom stereocenters. The number of nitrogens with zero attached hydrogens (tertiary/aromatic N) is 1. The maximum atomic E-state index is 13.0. The van der Waals surface area contributed by atoms with Gasteiger partial charge < -0.3 is 24.4 Å². The summed E-state index contributed by atoms with van der Waals surface area (Å²) in [6, 6.07) is 14.8. The fourth-order valence-electron chi connectivity index (χ4n) is 3.59. The van der Waals surface area contributed by atoms with Crippen LogP contribution in [0, 0.1) is 0 Å². The summed E-state index contributed by atoms with van der Waals surface area (Å²) >= 11 is 0. The van der Waals surface area contributed by atoms with Gasteiger partial charge in [0, 0.05) is 18.3 Å². The lowest BCUT2D eigenvalue weighted by Crippen LogP contribution is -2.63. The van der Waals surface area contributed by atoms with Crippen molar-refractivity contribution in [3.63, 3.8) is 0 Å². The van der Waals surface area contributed by atoms with Crippen LogP contribution in [0.2, 0.25) is 0 Å². The molecule has 1 saturated heterocycles. The molecule has 2 unspecified atom stereocenters. The Bertz CT molecular complexity index is 942. The predicted molar refractivity (Wildman–Crippen MR) is 112 cm³/mol. The molecular formula is C23H26N2O5. The number of likely N-dealkylation sites (tertiary alicyclic amines) is 1. The van der Waals surface area contributed by atoms with Crippen molar-refractivity contribution in [2.75, 3.05) is 21.3 Å². The third kappa shape index (κ3) is 4.40.